The molecular weight excluding hydrogens is 292 g/mol. The topological polar surface area (TPSA) is 52.6 Å². The molecule has 0 aromatic rings. The van der Waals surface area contributed by atoms with Gasteiger partial charge >= 0.3 is 12.1 Å². The maximum atomic E-state index is 10.3. The Labute approximate surface area is 89.5 Å². The molecule has 0 unspecified atom stereocenters. The summed E-state index contributed by atoms with van der Waals surface area (Å²) < 4.78 is 28.2. The van der Waals surface area contributed by atoms with Crippen LogP contribution in [0.2, 0.25) is 0 Å². The lowest BCUT2D eigenvalue weighted by Gasteiger charge is -2.00. The van der Waals surface area contributed by atoms with Gasteiger partial charge < -0.3 is 9.05 Å². The van der Waals surface area contributed by atoms with Gasteiger partial charge in [-0.2, -0.15) is 0 Å². The largest absolute Gasteiger partial charge is 0.423 e. The van der Waals surface area contributed by atoms with Gasteiger partial charge in [-0.1, -0.05) is 0 Å². The number of hydrogen-bond acceptors (Lipinski definition) is 4. The molecule has 0 bridgehead atoms. The average Bonchev–Trinajstić information content (AvgIpc) is 1.85. The van der Waals surface area contributed by atoms with Crippen molar-refractivity contribution in [2.45, 2.75) is 0 Å². The quantitative estimate of drug-likeness (QED) is 0.707. The third-order valence-corrected chi connectivity index (χ3v) is 2.14. The van der Waals surface area contributed by atoms with Crippen molar-refractivity contribution in [3.05, 3.63) is 0 Å². The molecule has 10 heteroatoms. The fourth-order valence-corrected chi connectivity index (χ4v) is 0.224. The van der Waals surface area contributed by atoms with E-state index < -0.39 is 12.1 Å². The van der Waals surface area contributed by atoms with Gasteiger partial charge in [-0.15, -0.1) is 0 Å². The van der Waals surface area contributed by atoms with Crippen LogP contribution < -0.4 is 0 Å². The van der Waals surface area contributed by atoms with Gasteiger partial charge in [0, 0.05) is 25.5 Å². The zero-order valence-corrected chi connectivity index (χ0v) is 10.9. The number of hydrogen-bond donors (Lipinski definition) is 0. The highest BCUT2D eigenvalue weighted by atomic mass is 36.0. The molecule has 0 aliphatic heterocycles. The standard InChI is InChI=1S/C2H6ClO3P.Cl3OP/c1-5-7(3,4)6-2;1-5(2,3)4/h1-2H3;. The first-order valence-corrected chi connectivity index (χ1v) is 9.09. The van der Waals surface area contributed by atoms with E-state index in [0.717, 1.165) is 0 Å². The molecule has 4 nitrogen and oxygen atoms in total. The Bertz CT molecular complexity index is 185. The van der Waals surface area contributed by atoms with Crippen LogP contribution in [0.15, 0.2) is 0 Å². The van der Waals surface area contributed by atoms with E-state index in [4.69, 9.17) is 11.2 Å². The molecular formula is C2H6Cl4O4P2. The van der Waals surface area contributed by atoms with Crippen LogP contribution in [0.3, 0.4) is 0 Å². The van der Waals surface area contributed by atoms with Gasteiger partial charge in [-0.3, -0.25) is 4.57 Å². The highest BCUT2D eigenvalue weighted by Crippen LogP contribution is 2.61. The van der Waals surface area contributed by atoms with Crippen LogP contribution in [0.1, 0.15) is 0 Å². The normalized spacial score (nSPS) is 11.8. The molecule has 12 heavy (non-hydrogen) atoms. The van der Waals surface area contributed by atoms with Crippen LogP contribution >= 0.6 is 57.1 Å². The monoisotopic (exact) mass is 296 g/mol. The number of halogens is 4. The van der Waals surface area contributed by atoms with E-state index in [1.54, 1.807) is 0 Å². The summed E-state index contributed by atoms with van der Waals surface area (Å²) in [4.78, 5) is 0. The van der Waals surface area contributed by atoms with Crippen molar-refractivity contribution in [1.82, 2.24) is 0 Å². The SMILES string of the molecule is COP(=O)(Cl)OC.O=P(Cl)(Cl)Cl. The maximum absolute atomic E-state index is 10.3. The lowest BCUT2D eigenvalue weighted by atomic mass is 11.8. The maximum Gasteiger partial charge on any atom is 0.423 e. The molecule has 0 heterocycles. The summed E-state index contributed by atoms with van der Waals surface area (Å²) in [5, 5.41) is -3.22. The molecule has 0 aromatic carbocycles. The molecule has 0 saturated carbocycles. The van der Waals surface area contributed by atoms with Crippen molar-refractivity contribution in [1.29, 1.82) is 0 Å². The summed E-state index contributed by atoms with van der Waals surface area (Å²) >= 11 is 18.9. The van der Waals surface area contributed by atoms with E-state index in [9.17, 15) is 9.13 Å². The Morgan fingerprint density at radius 1 is 0.917 bits per heavy atom. The van der Waals surface area contributed by atoms with E-state index in [0.29, 0.717) is 0 Å². The first-order chi connectivity index (χ1) is 5.12. The zero-order valence-electron chi connectivity index (χ0n) is 6.04. The van der Waals surface area contributed by atoms with E-state index in [1.807, 2.05) is 0 Å². The first-order valence-electron chi connectivity index (χ1n) is 2.22. The third-order valence-electron chi connectivity index (χ3n) is 0.436. The highest BCUT2D eigenvalue weighted by molar-refractivity contribution is 8.24. The first kappa shape index (κ1) is 16.0. The van der Waals surface area contributed by atoms with Gasteiger partial charge in [-0.25, -0.2) is 4.57 Å². The van der Waals surface area contributed by atoms with Gasteiger partial charge in [0.2, 0.25) is 0 Å². The summed E-state index contributed by atoms with van der Waals surface area (Å²) in [6.07, 6.45) is 0. The minimum absolute atomic E-state index is 1.22. The van der Waals surface area contributed by atoms with Gasteiger partial charge in [0.15, 0.2) is 0 Å². The van der Waals surface area contributed by atoms with Crippen molar-refractivity contribution < 1.29 is 18.2 Å². The Hall–Kier alpha value is 1.54. The third kappa shape index (κ3) is 22.5. The van der Waals surface area contributed by atoms with Crippen LogP contribution in [0.25, 0.3) is 0 Å². The fraction of sp³-hybridized carbons (Fsp3) is 1.00. The van der Waals surface area contributed by atoms with E-state index in [-0.39, 0.29) is 0 Å². The second kappa shape index (κ2) is 6.92. The minimum atomic E-state index is -3.22. The molecule has 0 spiro atoms. The van der Waals surface area contributed by atoms with Crippen molar-refractivity contribution in [3.8, 4) is 0 Å². The molecule has 0 aromatic heterocycles. The molecule has 0 aliphatic rings. The van der Waals surface area contributed by atoms with Crippen molar-refractivity contribution >= 4 is 57.1 Å². The predicted molar refractivity (Wildman–Crippen MR) is 52.6 cm³/mol. The average molecular weight is 298 g/mol. The van der Waals surface area contributed by atoms with Crippen LogP contribution in [0.4, 0.5) is 0 Å². The van der Waals surface area contributed by atoms with Crippen molar-refractivity contribution in [2.75, 3.05) is 14.2 Å². The predicted octanol–water partition coefficient (Wildman–Crippen LogP) is 4.44. The van der Waals surface area contributed by atoms with Crippen LogP contribution in [-0.2, 0) is 18.2 Å². The minimum Gasteiger partial charge on any atom is -0.300 e. The molecule has 0 radical (unpaired) electrons. The van der Waals surface area contributed by atoms with Crippen molar-refractivity contribution in [3.63, 3.8) is 0 Å². The summed E-state index contributed by atoms with van der Waals surface area (Å²) in [6.45, 7) is -3.18. The van der Waals surface area contributed by atoms with E-state index in [2.05, 4.69) is 42.8 Å². The Balaban J connectivity index is 0. The lowest BCUT2D eigenvalue weighted by Crippen LogP contribution is -1.76. The molecule has 0 saturated heterocycles. The van der Waals surface area contributed by atoms with E-state index in [1.165, 1.54) is 14.2 Å². The molecule has 0 fully saturated rings. The smallest absolute Gasteiger partial charge is 0.300 e. The molecule has 0 aliphatic carbocycles. The van der Waals surface area contributed by atoms with Crippen LogP contribution in [-0.4, -0.2) is 14.2 Å². The lowest BCUT2D eigenvalue weighted by molar-refractivity contribution is 0.294. The summed E-state index contributed by atoms with van der Waals surface area (Å²) in [7, 11) is 2.44. The molecule has 0 N–H and O–H groups in total. The molecule has 0 atom stereocenters. The summed E-state index contributed by atoms with van der Waals surface area (Å²) in [6, 6.07) is 0. The van der Waals surface area contributed by atoms with Gasteiger partial charge in [0.05, 0.1) is 0 Å². The zero-order chi connectivity index (χ0) is 10.4. The van der Waals surface area contributed by atoms with Crippen molar-refractivity contribution in [2.24, 2.45) is 0 Å². The van der Waals surface area contributed by atoms with E-state index >= 15 is 0 Å². The second-order valence-electron chi connectivity index (χ2n) is 1.19. The van der Waals surface area contributed by atoms with Crippen LogP contribution in [0, 0.1) is 0 Å². The summed E-state index contributed by atoms with van der Waals surface area (Å²) in [5.41, 5.74) is 0. The number of rotatable bonds is 2. The Morgan fingerprint density at radius 2 is 1.08 bits per heavy atom. The Morgan fingerprint density at radius 3 is 1.08 bits per heavy atom. The van der Waals surface area contributed by atoms with Gasteiger partial charge in [-0.05, 0) is 33.7 Å². The second-order valence-corrected chi connectivity index (χ2v) is 10.7. The van der Waals surface area contributed by atoms with Gasteiger partial charge in [0.25, 0.3) is 0 Å². The molecule has 0 rings (SSSR count). The summed E-state index contributed by atoms with van der Waals surface area (Å²) in [5.74, 6) is 0. The Kier molecular flexibility index (Phi) is 9.21. The fourth-order valence-electron chi connectivity index (χ4n) is 0.0745. The molecule has 0 amide bonds. The van der Waals surface area contributed by atoms with Crippen LogP contribution in [0.5, 0.6) is 0 Å². The molecule has 76 valence electrons. The van der Waals surface area contributed by atoms with Gasteiger partial charge in [0.1, 0.15) is 0 Å². The highest BCUT2D eigenvalue weighted by Gasteiger charge is 2.13.